The minimum atomic E-state index is -0.456. The number of nitro groups is 1. The summed E-state index contributed by atoms with van der Waals surface area (Å²) >= 11 is 6.40. The summed E-state index contributed by atoms with van der Waals surface area (Å²) < 4.78 is 6.20. The number of non-ortho nitro benzene ring substituents is 1. The van der Waals surface area contributed by atoms with Gasteiger partial charge in [0.1, 0.15) is 15.8 Å². The monoisotopic (exact) mass is 372 g/mol. The van der Waals surface area contributed by atoms with Crippen LogP contribution in [-0.4, -0.2) is 26.6 Å². The Kier molecular flexibility index (Phi) is 4.82. The van der Waals surface area contributed by atoms with E-state index in [1.54, 1.807) is 36.4 Å². The molecule has 1 aromatic carbocycles. The van der Waals surface area contributed by atoms with Crippen molar-refractivity contribution in [3.8, 4) is 11.3 Å². The van der Waals surface area contributed by atoms with Crippen molar-refractivity contribution in [2.45, 2.75) is 0 Å². The standard InChI is InChI=1S/C17H12N2O4S2/c1-2-9-18-16(20)15(25-17(18)24)10-13-7-8-14(23-13)11-3-5-12(6-4-11)19(21)22/h2-8,10H,1,9H2/b15-10-. The molecule has 126 valence electrons. The van der Waals surface area contributed by atoms with Crippen molar-refractivity contribution in [2.24, 2.45) is 0 Å². The minimum Gasteiger partial charge on any atom is -0.457 e. The number of nitro benzene ring substituents is 1. The van der Waals surface area contributed by atoms with E-state index in [1.807, 2.05) is 0 Å². The number of thiocarbonyl (C=S) groups is 1. The van der Waals surface area contributed by atoms with Crippen LogP contribution in [0.3, 0.4) is 0 Å². The number of amides is 1. The van der Waals surface area contributed by atoms with E-state index in [9.17, 15) is 14.9 Å². The highest BCUT2D eigenvalue weighted by Gasteiger charge is 2.31. The molecule has 1 aliphatic heterocycles. The zero-order valence-electron chi connectivity index (χ0n) is 12.9. The van der Waals surface area contributed by atoms with Crippen LogP contribution in [0.15, 0.2) is 58.4 Å². The van der Waals surface area contributed by atoms with E-state index in [1.165, 1.54) is 28.8 Å². The minimum absolute atomic E-state index is 0.0152. The zero-order valence-corrected chi connectivity index (χ0v) is 14.5. The lowest BCUT2D eigenvalue weighted by molar-refractivity contribution is -0.384. The molecule has 2 aromatic rings. The number of hydrogen-bond donors (Lipinski definition) is 0. The quantitative estimate of drug-likeness (QED) is 0.257. The Bertz CT molecular complexity index is 900. The van der Waals surface area contributed by atoms with Gasteiger partial charge in [0, 0.05) is 30.3 Å². The van der Waals surface area contributed by atoms with Crippen LogP contribution in [0.2, 0.25) is 0 Å². The molecular weight excluding hydrogens is 360 g/mol. The van der Waals surface area contributed by atoms with Crippen LogP contribution in [0.25, 0.3) is 17.4 Å². The first kappa shape index (κ1) is 17.1. The maximum absolute atomic E-state index is 12.3. The lowest BCUT2D eigenvalue weighted by Crippen LogP contribution is -2.27. The van der Waals surface area contributed by atoms with Gasteiger partial charge in [0.25, 0.3) is 11.6 Å². The molecule has 1 amide bonds. The third kappa shape index (κ3) is 3.54. The molecule has 0 spiro atoms. The molecule has 0 aliphatic carbocycles. The van der Waals surface area contributed by atoms with Gasteiger partial charge in [-0.1, -0.05) is 30.1 Å². The van der Waals surface area contributed by atoms with Gasteiger partial charge in [-0.3, -0.25) is 19.8 Å². The van der Waals surface area contributed by atoms with Gasteiger partial charge in [0.15, 0.2) is 0 Å². The second-order valence-electron chi connectivity index (χ2n) is 5.09. The number of benzene rings is 1. The van der Waals surface area contributed by atoms with Gasteiger partial charge < -0.3 is 4.42 Å². The Morgan fingerprint density at radius 1 is 1.28 bits per heavy atom. The van der Waals surface area contributed by atoms with Gasteiger partial charge in [-0.25, -0.2) is 0 Å². The maximum Gasteiger partial charge on any atom is 0.269 e. The van der Waals surface area contributed by atoms with Crippen molar-refractivity contribution in [1.29, 1.82) is 0 Å². The molecule has 1 fully saturated rings. The first-order valence-electron chi connectivity index (χ1n) is 7.20. The number of carbonyl (C=O) groups excluding carboxylic acids is 1. The Morgan fingerprint density at radius 2 is 2.00 bits per heavy atom. The van der Waals surface area contributed by atoms with E-state index in [0.717, 1.165) is 0 Å². The third-order valence-corrected chi connectivity index (χ3v) is 4.83. The van der Waals surface area contributed by atoms with E-state index in [-0.39, 0.29) is 11.6 Å². The molecule has 0 atom stereocenters. The molecule has 0 unspecified atom stereocenters. The third-order valence-electron chi connectivity index (χ3n) is 3.45. The predicted molar refractivity (Wildman–Crippen MR) is 101 cm³/mol. The molecule has 8 heteroatoms. The summed E-state index contributed by atoms with van der Waals surface area (Å²) in [5, 5.41) is 10.7. The van der Waals surface area contributed by atoms with Crippen LogP contribution in [0, 0.1) is 10.1 Å². The van der Waals surface area contributed by atoms with Gasteiger partial charge in [0.2, 0.25) is 0 Å². The van der Waals surface area contributed by atoms with E-state index in [2.05, 4.69) is 6.58 Å². The summed E-state index contributed by atoms with van der Waals surface area (Å²) in [5.41, 5.74) is 0.728. The van der Waals surface area contributed by atoms with Crippen molar-refractivity contribution in [3.63, 3.8) is 0 Å². The normalized spacial score (nSPS) is 15.8. The van der Waals surface area contributed by atoms with Gasteiger partial charge in [-0.2, -0.15) is 0 Å². The van der Waals surface area contributed by atoms with Crippen LogP contribution in [0.5, 0.6) is 0 Å². The number of hydrogen-bond acceptors (Lipinski definition) is 6. The molecule has 0 N–H and O–H groups in total. The van der Waals surface area contributed by atoms with Crippen molar-refractivity contribution < 1.29 is 14.1 Å². The van der Waals surface area contributed by atoms with E-state index in [4.69, 9.17) is 16.6 Å². The molecule has 1 aliphatic rings. The summed E-state index contributed by atoms with van der Waals surface area (Å²) in [7, 11) is 0. The highest BCUT2D eigenvalue weighted by atomic mass is 32.2. The summed E-state index contributed by atoms with van der Waals surface area (Å²) in [6.07, 6.45) is 3.25. The lowest BCUT2D eigenvalue weighted by Gasteiger charge is -2.10. The summed E-state index contributed by atoms with van der Waals surface area (Å²) in [4.78, 5) is 24.5. The van der Waals surface area contributed by atoms with E-state index in [0.29, 0.717) is 32.9 Å². The van der Waals surface area contributed by atoms with Crippen molar-refractivity contribution in [1.82, 2.24) is 4.90 Å². The van der Waals surface area contributed by atoms with Gasteiger partial charge in [0.05, 0.1) is 9.83 Å². The molecule has 6 nitrogen and oxygen atoms in total. The molecular formula is C17H12N2O4S2. The van der Waals surface area contributed by atoms with Crippen molar-refractivity contribution in [2.75, 3.05) is 6.54 Å². The van der Waals surface area contributed by atoms with Gasteiger partial charge in [-0.05, 0) is 24.3 Å². The average molecular weight is 372 g/mol. The average Bonchev–Trinajstić information content (AvgIpc) is 3.16. The Labute approximate surface area is 153 Å². The van der Waals surface area contributed by atoms with E-state index < -0.39 is 4.92 Å². The molecule has 2 heterocycles. The fraction of sp³-hybridized carbons (Fsp3) is 0.0588. The fourth-order valence-corrected chi connectivity index (χ4v) is 3.50. The fourth-order valence-electron chi connectivity index (χ4n) is 2.25. The summed E-state index contributed by atoms with van der Waals surface area (Å²) in [5.74, 6) is 0.887. The first-order valence-corrected chi connectivity index (χ1v) is 8.43. The van der Waals surface area contributed by atoms with Crippen LogP contribution in [0.4, 0.5) is 5.69 Å². The number of rotatable bonds is 5. The lowest BCUT2D eigenvalue weighted by atomic mass is 10.1. The maximum atomic E-state index is 12.3. The van der Waals surface area contributed by atoms with Crippen LogP contribution < -0.4 is 0 Å². The topological polar surface area (TPSA) is 76.6 Å². The van der Waals surface area contributed by atoms with Crippen LogP contribution in [-0.2, 0) is 4.79 Å². The van der Waals surface area contributed by atoms with Crippen LogP contribution >= 0.6 is 24.0 Å². The number of carbonyl (C=O) groups is 1. The molecule has 25 heavy (non-hydrogen) atoms. The number of thioether (sulfide) groups is 1. The first-order chi connectivity index (χ1) is 12.0. The SMILES string of the molecule is C=CCN1C(=O)/C(=C/c2ccc(-c3ccc([N+](=O)[O-])cc3)o2)SC1=S. The van der Waals surface area contributed by atoms with Crippen molar-refractivity contribution >= 4 is 46.0 Å². The van der Waals surface area contributed by atoms with Gasteiger partial charge >= 0.3 is 0 Å². The Morgan fingerprint density at radius 3 is 2.64 bits per heavy atom. The molecule has 3 rings (SSSR count). The second kappa shape index (κ2) is 7.04. The highest BCUT2D eigenvalue weighted by molar-refractivity contribution is 8.26. The van der Waals surface area contributed by atoms with Gasteiger partial charge in [-0.15, -0.1) is 6.58 Å². The van der Waals surface area contributed by atoms with E-state index >= 15 is 0 Å². The highest BCUT2D eigenvalue weighted by Crippen LogP contribution is 2.33. The smallest absolute Gasteiger partial charge is 0.269 e. The number of furan rings is 1. The molecule has 0 bridgehead atoms. The molecule has 0 saturated carbocycles. The van der Waals surface area contributed by atoms with Crippen molar-refractivity contribution in [3.05, 3.63) is 69.8 Å². The summed E-state index contributed by atoms with van der Waals surface area (Å²) in [6.45, 7) is 3.98. The molecule has 1 saturated heterocycles. The Balaban J connectivity index is 1.82. The Hall–Kier alpha value is -2.71. The summed E-state index contributed by atoms with van der Waals surface area (Å²) in [6, 6.07) is 9.54. The molecule has 0 radical (unpaired) electrons. The number of nitrogens with zero attached hydrogens (tertiary/aromatic N) is 2. The zero-order chi connectivity index (χ0) is 18.0. The van der Waals surface area contributed by atoms with Crippen LogP contribution in [0.1, 0.15) is 5.76 Å². The largest absolute Gasteiger partial charge is 0.457 e. The molecule has 1 aromatic heterocycles. The second-order valence-corrected chi connectivity index (χ2v) is 6.76. The predicted octanol–water partition coefficient (Wildman–Crippen LogP) is 4.24.